The second-order valence-corrected chi connectivity index (χ2v) is 4.64. The van der Waals surface area contributed by atoms with Gasteiger partial charge in [-0.15, -0.1) is 0 Å². The highest BCUT2D eigenvalue weighted by atomic mass is 35.5. The monoisotopic (exact) mass is 313 g/mol. The molecule has 0 fully saturated rings. The summed E-state index contributed by atoms with van der Waals surface area (Å²) in [4.78, 5) is 0. The third kappa shape index (κ3) is 3.11. The number of hydrogen-bond acceptors (Lipinski definition) is 4. The minimum absolute atomic E-state index is 0.0371. The van der Waals surface area contributed by atoms with Crippen LogP contribution in [0.3, 0.4) is 0 Å². The molecular formula is C14H14ClF2N3O. The minimum Gasteiger partial charge on any atom is -0.491 e. The maximum Gasteiger partial charge on any atom is 0.169 e. The lowest BCUT2D eigenvalue weighted by molar-refractivity contribution is 0.321. The van der Waals surface area contributed by atoms with Crippen molar-refractivity contribution in [2.75, 3.05) is 23.4 Å². The normalized spacial score (nSPS) is 10.5. The first-order chi connectivity index (χ1) is 9.93. The third-order valence-electron chi connectivity index (χ3n) is 2.77. The number of nitrogens with two attached hydrogens (primary N) is 2. The van der Waals surface area contributed by atoms with E-state index in [2.05, 4.69) is 5.32 Å². The van der Waals surface area contributed by atoms with E-state index in [1.807, 2.05) is 0 Å². The topological polar surface area (TPSA) is 73.3 Å². The van der Waals surface area contributed by atoms with Crippen LogP contribution in [-0.4, -0.2) is 6.61 Å². The van der Waals surface area contributed by atoms with E-state index >= 15 is 0 Å². The summed E-state index contributed by atoms with van der Waals surface area (Å²) < 4.78 is 32.9. The molecule has 0 spiro atoms. The Balaban J connectivity index is 2.35. The van der Waals surface area contributed by atoms with Crippen molar-refractivity contribution in [3.05, 3.63) is 40.9 Å². The van der Waals surface area contributed by atoms with Crippen LogP contribution in [0.4, 0.5) is 31.5 Å². The standard InChI is InChI=1S/C14H14ClF2N3O/c1-2-21-11-4-3-7(5-8(11)16)20-14-10(19)6-9(18)12(15)13(14)17/h3-6,20H,2,18-19H2,1H3. The van der Waals surface area contributed by atoms with E-state index in [1.165, 1.54) is 24.3 Å². The number of ether oxygens (including phenoxy) is 1. The fraction of sp³-hybridized carbons (Fsp3) is 0.143. The molecule has 0 bridgehead atoms. The van der Waals surface area contributed by atoms with Gasteiger partial charge in [-0.2, -0.15) is 0 Å². The molecule has 0 saturated heterocycles. The average Bonchev–Trinajstić information content (AvgIpc) is 2.44. The Morgan fingerprint density at radius 3 is 2.52 bits per heavy atom. The molecule has 112 valence electrons. The van der Waals surface area contributed by atoms with Crippen molar-refractivity contribution >= 4 is 34.4 Å². The molecule has 7 heteroatoms. The van der Waals surface area contributed by atoms with Crippen molar-refractivity contribution in [2.45, 2.75) is 6.92 Å². The van der Waals surface area contributed by atoms with E-state index in [-0.39, 0.29) is 27.8 Å². The molecule has 0 radical (unpaired) electrons. The predicted molar refractivity (Wildman–Crippen MR) is 81.1 cm³/mol. The molecule has 0 aliphatic heterocycles. The molecule has 21 heavy (non-hydrogen) atoms. The molecular weight excluding hydrogens is 300 g/mol. The highest BCUT2D eigenvalue weighted by molar-refractivity contribution is 6.33. The largest absolute Gasteiger partial charge is 0.491 e. The Morgan fingerprint density at radius 2 is 1.90 bits per heavy atom. The number of nitrogens with one attached hydrogen (secondary N) is 1. The summed E-state index contributed by atoms with van der Waals surface area (Å²) >= 11 is 5.73. The fourth-order valence-electron chi connectivity index (χ4n) is 1.79. The summed E-state index contributed by atoms with van der Waals surface area (Å²) in [5, 5.41) is 2.45. The van der Waals surface area contributed by atoms with Crippen molar-refractivity contribution in [3.8, 4) is 5.75 Å². The van der Waals surface area contributed by atoms with Gasteiger partial charge in [0, 0.05) is 11.8 Å². The summed E-state index contributed by atoms with van der Waals surface area (Å²) in [6.07, 6.45) is 0. The Labute approximate surface area is 125 Å². The van der Waals surface area contributed by atoms with E-state index in [0.717, 1.165) is 0 Å². The molecule has 0 aromatic heterocycles. The molecule has 5 N–H and O–H groups in total. The lowest BCUT2D eigenvalue weighted by Gasteiger charge is -2.14. The van der Waals surface area contributed by atoms with Gasteiger partial charge < -0.3 is 21.5 Å². The Bertz CT molecular complexity index is 680. The third-order valence-corrected chi connectivity index (χ3v) is 3.15. The molecule has 4 nitrogen and oxygen atoms in total. The van der Waals surface area contributed by atoms with Crippen LogP contribution in [0.15, 0.2) is 24.3 Å². The zero-order valence-corrected chi connectivity index (χ0v) is 12.0. The molecule has 0 heterocycles. The summed E-state index contributed by atoms with van der Waals surface area (Å²) in [6, 6.07) is 5.48. The van der Waals surface area contributed by atoms with Gasteiger partial charge in [0.05, 0.1) is 23.7 Å². The predicted octanol–water partition coefficient (Wildman–Crippen LogP) is 3.92. The molecule has 0 aliphatic carbocycles. The SMILES string of the molecule is CCOc1ccc(Nc2c(N)cc(N)c(Cl)c2F)cc1F. The lowest BCUT2D eigenvalue weighted by Crippen LogP contribution is -2.03. The fourth-order valence-corrected chi connectivity index (χ4v) is 1.94. The second-order valence-electron chi connectivity index (χ2n) is 4.26. The molecule has 2 rings (SSSR count). The quantitative estimate of drug-likeness (QED) is 0.748. The number of nitrogen functional groups attached to an aromatic ring is 2. The van der Waals surface area contributed by atoms with Crippen LogP contribution in [-0.2, 0) is 0 Å². The maximum absolute atomic E-state index is 14.0. The van der Waals surface area contributed by atoms with Crippen LogP contribution >= 0.6 is 11.6 Å². The van der Waals surface area contributed by atoms with E-state index < -0.39 is 11.6 Å². The van der Waals surface area contributed by atoms with Crippen LogP contribution in [0, 0.1) is 11.6 Å². The first kappa shape index (κ1) is 15.2. The summed E-state index contributed by atoms with van der Waals surface area (Å²) in [7, 11) is 0. The summed E-state index contributed by atoms with van der Waals surface area (Å²) in [5.41, 5.74) is 11.6. The van der Waals surface area contributed by atoms with Gasteiger partial charge in [-0.05, 0) is 25.1 Å². The first-order valence-electron chi connectivity index (χ1n) is 6.16. The van der Waals surface area contributed by atoms with E-state index in [4.69, 9.17) is 27.8 Å². The molecule has 0 amide bonds. The van der Waals surface area contributed by atoms with Crippen molar-refractivity contribution < 1.29 is 13.5 Å². The second kappa shape index (κ2) is 6.05. The summed E-state index contributed by atoms with van der Waals surface area (Å²) in [6.45, 7) is 2.09. The van der Waals surface area contributed by atoms with E-state index in [9.17, 15) is 8.78 Å². The minimum atomic E-state index is -0.788. The Kier molecular flexibility index (Phi) is 4.37. The first-order valence-corrected chi connectivity index (χ1v) is 6.54. The molecule has 2 aromatic rings. The molecule has 2 aromatic carbocycles. The number of benzene rings is 2. The van der Waals surface area contributed by atoms with Gasteiger partial charge in [-0.3, -0.25) is 0 Å². The Hall–Kier alpha value is -2.21. The van der Waals surface area contributed by atoms with Crippen molar-refractivity contribution in [1.82, 2.24) is 0 Å². The van der Waals surface area contributed by atoms with Gasteiger partial charge in [0.15, 0.2) is 17.4 Å². The van der Waals surface area contributed by atoms with Crippen LogP contribution in [0.25, 0.3) is 0 Å². The van der Waals surface area contributed by atoms with Crippen LogP contribution in [0.5, 0.6) is 5.75 Å². The van der Waals surface area contributed by atoms with Crippen molar-refractivity contribution in [2.24, 2.45) is 0 Å². The van der Waals surface area contributed by atoms with Crippen LogP contribution in [0.2, 0.25) is 5.02 Å². The average molecular weight is 314 g/mol. The van der Waals surface area contributed by atoms with Crippen molar-refractivity contribution in [1.29, 1.82) is 0 Å². The van der Waals surface area contributed by atoms with Gasteiger partial charge in [0.2, 0.25) is 0 Å². The van der Waals surface area contributed by atoms with Gasteiger partial charge in [0.25, 0.3) is 0 Å². The number of anilines is 4. The highest BCUT2D eigenvalue weighted by Crippen LogP contribution is 2.36. The Morgan fingerprint density at radius 1 is 1.19 bits per heavy atom. The molecule has 0 aliphatic rings. The molecule has 0 unspecified atom stereocenters. The zero-order valence-electron chi connectivity index (χ0n) is 11.2. The van der Waals surface area contributed by atoms with Crippen LogP contribution < -0.4 is 21.5 Å². The molecule has 0 atom stereocenters. The van der Waals surface area contributed by atoms with Gasteiger partial charge >= 0.3 is 0 Å². The zero-order chi connectivity index (χ0) is 15.6. The number of hydrogen-bond donors (Lipinski definition) is 3. The lowest BCUT2D eigenvalue weighted by atomic mass is 10.2. The van der Waals surface area contributed by atoms with E-state index in [1.54, 1.807) is 6.92 Å². The smallest absolute Gasteiger partial charge is 0.169 e. The summed E-state index contributed by atoms with van der Waals surface area (Å²) in [5.74, 6) is -1.24. The van der Waals surface area contributed by atoms with Crippen LogP contribution in [0.1, 0.15) is 6.92 Å². The number of rotatable bonds is 4. The number of halogens is 3. The molecule has 0 saturated carbocycles. The van der Waals surface area contributed by atoms with Gasteiger partial charge in [0.1, 0.15) is 5.02 Å². The van der Waals surface area contributed by atoms with Gasteiger partial charge in [-0.1, -0.05) is 11.6 Å². The van der Waals surface area contributed by atoms with Gasteiger partial charge in [-0.25, -0.2) is 8.78 Å². The van der Waals surface area contributed by atoms with E-state index in [0.29, 0.717) is 12.3 Å². The highest BCUT2D eigenvalue weighted by Gasteiger charge is 2.15. The van der Waals surface area contributed by atoms with Crippen molar-refractivity contribution in [3.63, 3.8) is 0 Å². The maximum atomic E-state index is 14.0.